The highest BCUT2D eigenvalue weighted by Gasteiger charge is 2.20. The Kier molecular flexibility index (Phi) is 4.80. The zero-order valence-corrected chi connectivity index (χ0v) is 11.2. The maximum atomic E-state index is 11.7. The maximum absolute atomic E-state index is 11.7. The molecule has 0 aromatic carbocycles. The van der Waals surface area contributed by atoms with Gasteiger partial charge >= 0.3 is 0 Å². The lowest BCUT2D eigenvalue weighted by molar-refractivity contribution is -0.122. The number of hydrogen-bond donors (Lipinski definition) is 2. The summed E-state index contributed by atoms with van der Waals surface area (Å²) in [5, 5.41) is 4.97. The monoisotopic (exact) mass is 262 g/mol. The van der Waals surface area contributed by atoms with E-state index < -0.39 is 0 Å². The fourth-order valence-corrected chi connectivity index (χ4v) is 2.72. The predicted molar refractivity (Wildman–Crippen MR) is 74.1 cm³/mol. The molecule has 0 bridgehead atoms. The highest BCUT2D eigenvalue weighted by Crippen LogP contribution is 2.29. The Labute approximate surface area is 112 Å². The van der Waals surface area contributed by atoms with Crippen molar-refractivity contribution in [3.8, 4) is 11.8 Å². The number of hydrogen-bond acceptors (Lipinski definition) is 3. The highest BCUT2D eigenvalue weighted by atomic mass is 32.1. The van der Waals surface area contributed by atoms with E-state index in [1.165, 1.54) is 19.3 Å². The normalized spacial score (nSPS) is 14.5. The summed E-state index contributed by atoms with van der Waals surface area (Å²) in [6, 6.07) is 1.97. The van der Waals surface area contributed by atoms with Crippen LogP contribution >= 0.6 is 11.3 Å². The van der Waals surface area contributed by atoms with Crippen LogP contribution in [0.3, 0.4) is 0 Å². The number of nitrogens with two attached hydrogens (primary N) is 1. The number of carbonyl (C=O) groups is 1. The Bertz CT molecular complexity index is 466. The quantitative estimate of drug-likeness (QED) is 0.814. The molecule has 1 heterocycles. The molecule has 0 spiro atoms. The van der Waals surface area contributed by atoms with Gasteiger partial charge in [-0.15, -0.1) is 11.3 Å². The summed E-state index contributed by atoms with van der Waals surface area (Å²) >= 11 is 1.62. The molecule has 1 aliphatic carbocycles. The van der Waals surface area contributed by atoms with Gasteiger partial charge in [0.15, 0.2) is 0 Å². The van der Waals surface area contributed by atoms with Gasteiger partial charge in [-0.3, -0.25) is 4.79 Å². The standard InChI is InChI=1S/C14H18N2OS/c15-7-2-5-12-6-8-18-13(12)10-16-14(17)9-11-3-1-4-11/h6,8,11H,1,3-4,7,9-10,15H2,(H,16,17). The number of carbonyl (C=O) groups excluding carboxylic acids is 1. The van der Waals surface area contributed by atoms with Crippen LogP contribution in [-0.4, -0.2) is 12.5 Å². The van der Waals surface area contributed by atoms with Crippen molar-refractivity contribution in [1.82, 2.24) is 5.32 Å². The second kappa shape index (κ2) is 6.58. The molecule has 96 valence electrons. The SMILES string of the molecule is NCC#Cc1ccsc1CNC(=O)CC1CCC1. The Morgan fingerprint density at radius 3 is 3.06 bits per heavy atom. The molecule has 3 nitrogen and oxygen atoms in total. The Morgan fingerprint density at radius 2 is 2.39 bits per heavy atom. The van der Waals surface area contributed by atoms with Gasteiger partial charge < -0.3 is 11.1 Å². The van der Waals surface area contributed by atoms with E-state index in [4.69, 9.17) is 5.73 Å². The second-order valence-corrected chi connectivity index (χ2v) is 5.54. The summed E-state index contributed by atoms with van der Waals surface area (Å²) in [5.41, 5.74) is 6.33. The number of rotatable bonds is 4. The molecule has 0 atom stereocenters. The van der Waals surface area contributed by atoms with Crippen LogP contribution in [0.15, 0.2) is 11.4 Å². The van der Waals surface area contributed by atoms with Gasteiger partial charge in [-0.05, 0) is 30.2 Å². The van der Waals surface area contributed by atoms with Gasteiger partial charge in [0.1, 0.15) is 0 Å². The number of nitrogens with one attached hydrogen (secondary N) is 1. The third-order valence-electron chi connectivity index (χ3n) is 3.22. The maximum Gasteiger partial charge on any atom is 0.220 e. The topological polar surface area (TPSA) is 55.1 Å². The van der Waals surface area contributed by atoms with Gasteiger partial charge in [0, 0.05) is 16.9 Å². The van der Waals surface area contributed by atoms with E-state index in [1.54, 1.807) is 11.3 Å². The molecule has 1 fully saturated rings. The molecular formula is C14H18N2OS. The van der Waals surface area contributed by atoms with Crippen LogP contribution in [0, 0.1) is 17.8 Å². The predicted octanol–water partition coefficient (Wildman–Crippen LogP) is 1.86. The average molecular weight is 262 g/mol. The van der Waals surface area contributed by atoms with Crippen molar-refractivity contribution in [2.75, 3.05) is 6.54 Å². The first-order valence-electron chi connectivity index (χ1n) is 6.31. The molecule has 1 saturated carbocycles. The van der Waals surface area contributed by atoms with E-state index in [2.05, 4.69) is 17.2 Å². The third-order valence-corrected chi connectivity index (χ3v) is 4.14. The first-order chi connectivity index (χ1) is 8.79. The summed E-state index contributed by atoms with van der Waals surface area (Å²) in [4.78, 5) is 12.8. The average Bonchev–Trinajstić information content (AvgIpc) is 2.76. The zero-order chi connectivity index (χ0) is 12.8. The van der Waals surface area contributed by atoms with Crippen LogP contribution in [0.25, 0.3) is 0 Å². The smallest absolute Gasteiger partial charge is 0.220 e. The van der Waals surface area contributed by atoms with Crippen LogP contribution in [0.1, 0.15) is 36.1 Å². The van der Waals surface area contributed by atoms with E-state index in [-0.39, 0.29) is 5.91 Å². The van der Waals surface area contributed by atoms with E-state index in [0.29, 0.717) is 25.4 Å². The molecular weight excluding hydrogens is 244 g/mol. The molecule has 1 aromatic heterocycles. The molecule has 0 radical (unpaired) electrons. The van der Waals surface area contributed by atoms with Gasteiger partial charge in [-0.1, -0.05) is 18.3 Å². The highest BCUT2D eigenvalue weighted by molar-refractivity contribution is 7.10. The van der Waals surface area contributed by atoms with Gasteiger partial charge in [-0.2, -0.15) is 0 Å². The molecule has 1 aromatic rings. The van der Waals surface area contributed by atoms with Crippen LogP contribution < -0.4 is 11.1 Å². The fraction of sp³-hybridized carbons (Fsp3) is 0.500. The molecule has 18 heavy (non-hydrogen) atoms. The first-order valence-corrected chi connectivity index (χ1v) is 7.19. The molecule has 2 rings (SSSR count). The molecule has 3 N–H and O–H groups in total. The van der Waals surface area contributed by atoms with Crippen LogP contribution in [0.5, 0.6) is 0 Å². The van der Waals surface area contributed by atoms with Gasteiger partial charge in [0.05, 0.1) is 13.1 Å². The second-order valence-electron chi connectivity index (χ2n) is 4.54. The molecule has 0 unspecified atom stereocenters. The van der Waals surface area contributed by atoms with Crippen molar-refractivity contribution in [3.05, 3.63) is 21.9 Å². The largest absolute Gasteiger partial charge is 0.351 e. The lowest BCUT2D eigenvalue weighted by atomic mass is 9.83. The van der Waals surface area contributed by atoms with Gasteiger partial charge in [0.25, 0.3) is 0 Å². The summed E-state index contributed by atoms with van der Waals surface area (Å²) in [6.07, 6.45) is 4.37. The third kappa shape index (κ3) is 3.59. The molecule has 1 amide bonds. The minimum Gasteiger partial charge on any atom is -0.351 e. The van der Waals surface area contributed by atoms with Crippen LogP contribution in [0.2, 0.25) is 0 Å². The van der Waals surface area contributed by atoms with E-state index in [9.17, 15) is 4.79 Å². The number of thiophene rings is 1. The molecule has 0 aliphatic heterocycles. The summed E-state index contributed by atoms with van der Waals surface area (Å²) < 4.78 is 0. The summed E-state index contributed by atoms with van der Waals surface area (Å²) in [7, 11) is 0. The zero-order valence-electron chi connectivity index (χ0n) is 10.4. The Balaban J connectivity index is 1.81. The fourth-order valence-electron chi connectivity index (χ4n) is 1.95. The van der Waals surface area contributed by atoms with E-state index in [1.807, 2.05) is 11.4 Å². The van der Waals surface area contributed by atoms with E-state index >= 15 is 0 Å². The first kappa shape index (κ1) is 13.1. The van der Waals surface area contributed by atoms with Crippen molar-refractivity contribution in [3.63, 3.8) is 0 Å². The van der Waals surface area contributed by atoms with Crippen molar-refractivity contribution in [2.24, 2.45) is 11.7 Å². The summed E-state index contributed by atoms with van der Waals surface area (Å²) in [5.74, 6) is 6.64. The Hall–Kier alpha value is -1.31. The van der Waals surface area contributed by atoms with Crippen molar-refractivity contribution in [2.45, 2.75) is 32.2 Å². The van der Waals surface area contributed by atoms with Crippen LogP contribution in [0.4, 0.5) is 0 Å². The van der Waals surface area contributed by atoms with Gasteiger partial charge in [0.2, 0.25) is 5.91 Å². The van der Waals surface area contributed by atoms with Crippen molar-refractivity contribution >= 4 is 17.2 Å². The molecule has 0 saturated heterocycles. The van der Waals surface area contributed by atoms with Crippen molar-refractivity contribution < 1.29 is 4.79 Å². The lowest BCUT2D eigenvalue weighted by Crippen LogP contribution is -2.27. The molecule has 4 heteroatoms. The lowest BCUT2D eigenvalue weighted by Gasteiger charge is -2.24. The number of amides is 1. The van der Waals surface area contributed by atoms with Gasteiger partial charge in [-0.25, -0.2) is 0 Å². The van der Waals surface area contributed by atoms with Crippen LogP contribution in [-0.2, 0) is 11.3 Å². The Morgan fingerprint density at radius 1 is 1.56 bits per heavy atom. The minimum absolute atomic E-state index is 0.158. The molecule has 1 aliphatic rings. The summed E-state index contributed by atoms with van der Waals surface area (Å²) in [6.45, 7) is 0.946. The van der Waals surface area contributed by atoms with E-state index in [0.717, 1.165) is 10.4 Å². The minimum atomic E-state index is 0.158. The van der Waals surface area contributed by atoms with Crippen molar-refractivity contribution in [1.29, 1.82) is 0 Å².